The van der Waals surface area contributed by atoms with Crippen molar-refractivity contribution < 1.29 is 9.50 Å². The minimum absolute atomic E-state index is 0.0596. The Morgan fingerprint density at radius 2 is 1.94 bits per heavy atom. The molecule has 0 heterocycles. The molecule has 1 N–H and O–H groups in total. The molecule has 0 unspecified atom stereocenters. The Labute approximate surface area is 116 Å². The zero-order valence-electron chi connectivity index (χ0n) is 8.92. The Hall–Kier alpha value is -1.57. The van der Waals surface area contributed by atoms with Gasteiger partial charge in [0.2, 0.25) is 0 Å². The van der Waals surface area contributed by atoms with Gasteiger partial charge in [-0.15, -0.1) is 0 Å². The van der Waals surface area contributed by atoms with Crippen molar-refractivity contribution >= 4 is 27.5 Å². The summed E-state index contributed by atoms with van der Waals surface area (Å²) in [5.74, 6) is -0.564. The Morgan fingerprint density at radius 1 is 1.22 bits per heavy atom. The number of aromatic hydroxyl groups is 1. The molecule has 0 bridgehead atoms. The third-order valence-corrected chi connectivity index (χ3v) is 3.19. The number of phenolic OH excluding ortho intramolecular Hbond substituents is 1. The second kappa shape index (κ2) is 4.97. The number of rotatable bonds is 1. The normalized spacial score (nSPS) is 10.1. The third kappa shape index (κ3) is 2.47. The van der Waals surface area contributed by atoms with E-state index in [1.165, 1.54) is 30.3 Å². The largest absolute Gasteiger partial charge is 0.506 e. The molecule has 2 rings (SSSR count). The van der Waals surface area contributed by atoms with E-state index in [1.54, 1.807) is 0 Å². The van der Waals surface area contributed by atoms with Crippen LogP contribution in [0.2, 0.25) is 5.02 Å². The van der Waals surface area contributed by atoms with E-state index in [0.29, 0.717) is 21.2 Å². The van der Waals surface area contributed by atoms with Crippen molar-refractivity contribution in [3.05, 3.63) is 51.2 Å². The van der Waals surface area contributed by atoms with Gasteiger partial charge in [0.15, 0.2) is 0 Å². The lowest BCUT2D eigenvalue weighted by Gasteiger charge is -2.08. The summed E-state index contributed by atoms with van der Waals surface area (Å²) in [5, 5.41) is 19.0. The van der Waals surface area contributed by atoms with E-state index in [4.69, 9.17) is 16.9 Å². The standard InChI is InChI=1S/C13H6BrClFNO/c14-12-2-7(6-17)1-11(13(12)18)8-3-9(15)5-10(16)4-8/h1-5,18H. The molecule has 0 fully saturated rings. The first-order valence-corrected chi connectivity index (χ1v) is 6.07. The van der Waals surface area contributed by atoms with E-state index in [1.807, 2.05) is 6.07 Å². The highest BCUT2D eigenvalue weighted by Gasteiger charge is 2.11. The molecule has 0 saturated carbocycles. The molecule has 2 aromatic carbocycles. The summed E-state index contributed by atoms with van der Waals surface area (Å²) in [6, 6.07) is 8.87. The number of nitrogens with zero attached hydrogens (tertiary/aromatic N) is 1. The molecule has 0 aliphatic carbocycles. The van der Waals surface area contributed by atoms with Gasteiger partial charge in [0.1, 0.15) is 11.6 Å². The fraction of sp³-hybridized carbons (Fsp3) is 0. The number of phenols is 1. The molecule has 0 amide bonds. The zero-order chi connectivity index (χ0) is 13.3. The average molecular weight is 327 g/mol. The number of hydrogen-bond acceptors (Lipinski definition) is 2. The summed E-state index contributed by atoms with van der Waals surface area (Å²) in [4.78, 5) is 0. The summed E-state index contributed by atoms with van der Waals surface area (Å²) in [6.45, 7) is 0. The van der Waals surface area contributed by atoms with Gasteiger partial charge in [0.25, 0.3) is 0 Å². The summed E-state index contributed by atoms with van der Waals surface area (Å²) >= 11 is 8.91. The van der Waals surface area contributed by atoms with Crippen molar-refractivity contribution in [2.24, 2.45) is 0 Å². The van der Waals surface area contributed by atoms with Crippen LogP contribution in [0.5, 0.6) is 5.75 Å². The molecule has 0 saturated heterocycles. The van der Waals surface area contributed by atoms with Crippen LogP contribution >= 0.6 is 27.5 Å². The Bertz CT molecular complexity index is 647. The number of hydrogen-bond donors (Lipinski definition) is 1. The number of nitriles is 1. The SMILES string of the molecule is N#Cc1cc(Br)c(O)c(-c2cc(F)cc(Cl)c2)c1. The van der Waals surface area contributed by atoms with Crippen LogP contribution in [0.15, 0.2) is 34.8 Å². The zero-order valence-corrected chi connectivity index (χ0v) is 11.3. The molecule has 0 aliphatic heterocycles. The van der Waals surface area contributed by atoms with Gasteiger partial charge >= 0.3 is 0 Å². The monoisotopic (exact) mass is 325 g/mol. The number of benzene rings is 2. The topological polar surface area (TPSA) is 44.0 Å². The van der Waals surface area contributed by atoms with E-state index in [2.05, 4.69) is 15.9 Å². The molecule has 0 aromatic heterocycles. The molecule has 2 aromatic rings. The van der Waals surface area contributed by atoms with Gasteiger partial charge in [0, 0.05) is 10.6 Å². The fourth-order valence-electron chi connectivity index (χ4n) is 1.59. The van der Waals surface area contributed by atoms with Crippen LogP contribution in [-0.2, 0) is 0 Å². The predicted octanol–water partition coefficient (Wildman–Crippen LogP) is 4.49. The molecule has 0 spiro atoms. The Morgan fingerprint density at radius 3 is 2.56 bits per heavy atom. The van der Waals surface area contributed by atoms with Gasteiger partial charge < -0.3 is 5.11 Å². The Balaban J connectivity index is 2.70. The highest BCUT2D eigenvalue weighted by atomic mass is 79.9. The lowest BCUT2D eigenvalue weighted by atomic mass is 10.0. The van der Waals surface area contributed by atoms with Gasteiger partial charge in [-0.05, 0) is 51.8 Å². The van der Waals surface area contributed by atoms with Gasteiger partial charge in [-0.2, -0.15) is 5.26 Å². The van der Waals surface area contributed by atoms with E-state index in [9.17, 15) is 9.50 Å². The summed E-state index contributed by atoms with van der Waals surface area (Å²) < 4.78 is 13.7. The van der Waals surface area contributed by atoms with Crippen LogP contribution in [0.25, 0.3) is 11.1 Å². The van der Waals surface area contributed by atoms with Crippen molar-refractivity contribution in [3.63, 3.8) is 0 Å². The van der Waals surface area contributed by atoms with E-state index < -0.39 is 5.82 Å². The van der Waals surface area contributed by atoms with Crippen LogP contribution in [0.1, 0.15) is 5.56 Å². The molecule has 2 nitrogen and oxygen atoms in total. The lowest BCUT2D eigenvalue weighted by molar-refractivity contribution is 0.474. The molecule has 90 valence electrons. The van der Waals surface area contributed by atoms with Crippen LogP contribution in [0.3, 0.4) is 0 Å². The molecular formula is C13H6BrClFNO. The smallest absolute Gasteiger partial charge is 0.137 e. The van der Waals surface area contributed by atoms with Gasteiger partial charge in [-0.25, -0.2) is 4.39 Å². The van der Waals surface area contributed by atoms with E-state index in [0.717, 1.165) is 0 Å². The minimum atomic E-state index is -0.504. The summed E-state index contributed by atoms with van der Waals surface area (Å²) in [6.07, 6.45) is 0. The van der Waals surface area contributed by atoms with Crippen molar-refractivity contribution in [3.8, 4) is 22.9 Å². The highest BCUT2D eigenvalue weighted by Crippen LogP contribution is 2.37. The molecule has 0 aliphatic rings. The first-order valence-electron chi connectivity index (χ1n) is 4.90. The minimum Gasteiger partial charge on any atom is -0.506 e. The third-order valence-electron chi connectivity index (χ3n) is 2.37. The summed E-state index contributed by atoms with van der Waals surface area (Å²) in [5.41, 5.74) is 1.12. The summed E-state index contributed by atoms with van der Waals surface area (Å²) in [7, 11) is 0. The number of halogens is 3. The van der Waals surface area contributed by atoms with Crippen LogP contribution in [-0.4, -0.2) is 5.11 Å². The first-order chi connectivity index (χ1) is 8.51. The van der Waals surface area contributed by atoms with E-state index in [-0.39, 0.29) is 10.8 Å². The van der Waals surface area contributed by atoms with E-state index >= 15 is 0 Å². The van der Waals surface area contributed by atoms with Crippen LogP contribution in [0, 0.1) is 17.1 Å². The van der Waals surface area contributed by atoms with Crippen molar-refractivity contribution in [2.45, 2.75) is 0 Å². The fourth-order valence-corrected chi connectivity index (χ4v) is 2.27. The molecule has 5 heteroatoms. The average Bonchev–Trinajstić information content (AvgIpc) is 2.31. The van der Waals surface area contributed by atoms with Crippen molar-refractivity contribution in [1.82, 2.24) is 0 Å². The lowest BCUT2D eigenvalue weighted by Crippen LogP contribution is -1.86. The Kier molecular flexibility index (Phi) is 3.55. The molecule has 18 heavy (non-hydrogen) atoms. The first kappa shape index (κ1) is 12.9. The quantitative estimate of drug-likeness (QED) is 0.839. The maximum atomic E-state index is 13.3. The molecule has 0 radical (unpaired) electrons. The highest BCUT2D eigenvalue weighted by molar-refractivity contribution is 9.10. The second-order valence-corrected chi connectivity index (χ2v) is 4.91. The second-order valence-electron chi connectivity index (χ2n) is 3.62. The van der Waals surface area contributed by atoms with Crippen molar-refractivity contribution in [1.29, 1.82) is 5.26 Å². The van der Waals surface area contributed by atoms with Gasteiger partial charge in [0.05, 0.1) is 16.1 Å². The van der Waals surface area contributed by atoms with Crippen LogP contribution < -0.4 is 0 Å². The molecule has 0 atom stereocenters. The van der Waals surface area contributed by atoms with Crippen LogP contribution in [0.4, 0.5) is 4.39 Å². The van der Waals surface area contributed by atoms with Gasteiger partial charge in [-0.1, -0.05) is 11.6 Å². The van der Waals surface area contributed by atoms with Gasteiger partial charge in [-0.3, -0.25) is 0 Å². The predicted molar refractivity (Wildman–Crippen MR) is 70.9 cm³/mol. The maximum Gasteiger partial charge on any atom is 0.137 e. The maximum absolute atomic E-state index is 13.3. The molecular weight excluding hydrogens is 321 g/mol. The van der Waals surface area contributed by atoms with Crippen molar-refractivity contribution in [2.75, 3.05) is 0 Å².